The van der Waals surface area contributed by atoms with Crippen LogP contribution in [-0.4, -0.2) is 49.8 Å². The van der Waals surface area contributed by atoms with Crippen molar-refractivity contribution in [1.29, 1.82) is 0 Å². The van der Waals surface area contributed by atoms with Crippen LogP contribution in [0.5, 0.6) is 0 Å². The molecule has 0 aliphatic carbocycles. The van der Waals surface area contributed by atoms with Gasteiger partial charge in [0.1, 0.15) is 0 Å². The number of ether oxygens (including phenoxy) is 1. The molecule has 2 heterocycles. The highest BCUT2D eigenvalue weighted by Crippen LogP contribution is 2.38. The lowest BCUT2D eigenvalue weighted by Gasteiger charge is -2.37. The van der Waals surface area contributed by atoms with Crippen molar-refractivity contribution in [2.75, 3.05) is 38.6 Å². The molecule has 144 valence electrons. The highest BCUT2D eigenvalue weighted by molar-refractivity contribution is 8.00. The summed E-state index contributed by atoms with van der Waals surface area (Å²) in [4.78, 5) is 4.96. The molecule has 4 nitrogen and oxygen atoms in total. The molecule has 2 saturated heterocycles. The molecule has 0 amide bonds. The Kier molecular flexibility index (Phi) is 7.52. The number of hydrogen-bond donors (Lipinski definition) is 2. The number of halogens is 1. The van der Waals surface area contributed by atoms with Crippen LogP contribution in [0.4, 0.5) is 0 Å². The minimum atomic E-state index is -0.0406. The smallest absolute Gasteiger partial charge is 0.191 e. The molecule has 0 bridgehead atoms. The van der Waals surface area contributed by atoms with E-state index in [1.807, 2.05) is 12.1 Å². The lowest BCUT2D eigenvalue weighted by Crippen LogP contribution is -2.42. The van der Waals surface area contributed by atoms with Crippen LogP contribution >= 0.6 is 23.4 Å². The van der Waals surface area contributed by atoms with E-state index in [0.29, 0.717) is 5.25 Å². The summed E-state index contributed by atoms with van der Waals surface area (Å²) in [6.45, 7) is 6.23. The molecule has 1 atom stereocenters. The molecule has 2 N–H and O–H groups in total. The van der Waals surface area contributed by atoms with Gasteiger partial charge in [0, 0.05) is 42.0 Å². The Hall–Kier alpha value is -0.910. The van der Waals surface area contributed by atoms with E-state index in [2.05, 4.69) is 41.5 Å². The third-order valence-electron chi connectivity index (χ3n) is 5.30. The van der Waals surface area contributed by atoms with E-state index < -0.39 is 0 Å². The summed E-state index contributed by atoms with van der Waals surface area (Å²) < 4.78 is 5.63. The van der Waals surface area contributed by atoms with Crippen molar-refractivity contribution < 1.29 is 4.74 Å². The molecule has 1 aromatic rings. The molecule has 0 spiro atoms. The minimum Gasteiger partial charge on any atom is -0.381 e. The van der Waals surface area contributed by atoms with Crippen molar-refractivity contribution in [3.63, 3.8) is 0 Å². The van der Waals surface area contributed by atoms with E-state index in [4.69, 9.17) is 21.3 Å². The van der Waals surface area contributed by atoms with Crippen molar-refractivity contribution in [3.8, 4) is 0 Å². The van der Waals surface area contributed by atoms with Gasteiger partial charge in [-0.05, 0) is 50.0 Å². The van der Waals surface area contributed by atoms with E-state index in [-0.39, 0.29) is 5.41 Å². The van der Waals surface area contributed by atoms with Gasteiger partial charge in [0.05, 0.1) is 6.54 Å². The van der Waals surface area contributed by atoms with Crippen LogP contribution in [0.2, 0.25) is 5.02 Å². The summed E-state index contributed by atoms with van der Waals surface area (Å²) in [6, 6.07) is 8.20. The topological polar surface area (TPSA) is 45.7 Å². The fourth-order valence-electron chi connectivity index (χ4n) is 3.75. The fourth-order valence-corrected chi connectivity index (χ4v) is 5.29. The molecular weight excluding hydrogens is 366 g/mol. The minimum absolute atomic E-state index is 0.0406. The largest absolute Gasteiger partial charge is 0.381 e. The molecular formula is C20H30ClN3OS. The third-order valence-corrected chi connectivity index (χ3v) is 7.03. The zero-order valence-corrected chi connectivity index (χ0v) is 17.2. The number of nitrogens with one attached hydrogen (secondary N) is 2. The molecule has 2 fully saturated rings. The zero-order valence-electron chi connectivity index (χ0n) is 15.6. The van der Waals surface area contributed by atoms with Crippen LogP contribution in [-0.2, 0) is 10.2 Å². The number of aliphatic imine (C=N–C) groups is 1. The second-order valence-electron chi connectivity index (χ2n) is 7.08. The number of benzene rings is 1. The van der Waals surface area contributed by atoms with E-state index in [0.717, 1.165) is 56.7 Å². The van der Waals surface area contributed by atoms with Gasteiger partial charge in [-0.2, -0.15) is 11.8 Å². The van der Waals surface area contributed by atoms with Gasteiger partial charge in [0.15, 0.2) is 5.96 Å². The molecule has 0 saturated carbocycles. The molecule has 3 rings (SSSR count). The van der Waals surface area contributed by atoms with Gasteiger partial charge in [-0.25, -0.2) is 0 Å². The molecule has 26 heavy (non-hydrogen) atoms. The predicted octanol–water partition coefficient (Wildman–Crippen LogP) is 3.84. The lowest BCUT2D eigenvalue weighted by molar-refractivity contribution is 0.0531. The maximum atomic E-state index is 6.55. The van der Waals surface area contributed by atoms with Crippen molar-refractivity contribution >= 4 is 29.3 Å². The van der Waals surface area contributed by atoms with Crippen molar-refractivity contribution in [3.05, 3.63) is 34.9 Å². The van der Waals surface area contributed by atoms with Crippen molar-refractivity contribution in [1.82, 2.24) is 10.6 Å². The third kappa shape index (κ3) is 5.08. The SMILES string of the molecule is CCNC(=NCC1(c2ccccc2Cl)CCOCC1)NCC1CCCS1. The number of nitrogens with zero attached hydrogens (tertiary/aromatic N) is 1. The predicted molar refractivity (Wildman–Crippen MR) is 113 cm³/mol. The van der Waals surface area contributed by atoms with E-state index in [9.17, 15) is 0 Å². The monoisotopic (exact) mass is 395 g/mol. The van der Waals surface area contributed by atoms with Gasteiger partial charge in [-0.3, -0.25) is 4.99 Å². The zero-order chi connectivity index (χ0) is 18.2. The van der Waals surface area contributed by atoms with Crippen molar-refractivity contribution in [2.24, 2.45) is 4.99 Å². The Morgan fingerprint density at radius 2 is 2.12 bits per heavy atom. The summed E-state index contributed by atoms with van der Waals surface area (Å²) in [5.41, 5.74) is 1.16. The normalized spacial score (nSPS) is 23.0. The molecule has 2 aliphatic heterocycles. The maximum absolute atomic E-state index is 6.55. The Labute approximate surface area is 166 Å². The van der Waals surface area contributed by atoms with Crippen LogP contribution in [0.3, 0.4) is 0 Å². The average Bonchev–Trinajstić information content (AvgIpc) is 3.19. The molecule has 2 aliphatic rings. The summed E-state index contributed by atoms with van der Waals surface area (Å²) in [5, 5.41) is 8.48. The quantitative estimate of drug-likeness (QED) is 0.567. The average molecular weight is 396 g/mol. The van der Waals surface area contributed by atoms with Gasteiger partial charge >= 0.3 is 0 Å². The Morgan fingerprint density at radius 1 is 1.31 bits per heavy atom. The summed E-state index contributed by atoms with van der Waals surface area (Å²) in [7, 11) is 0. The molecule has 1 aromatic carbocycles. The number of hydrogen-bond acceptors (Lipinski definition) is 3. The van der Waals surface area contributed by atoms with Crippen LogP contribution in [0.1, 0.15) is 38.2 Å². The highest BCUT2D eigenvalue weighted by atomic mass is 35.5. The Morgan fingerprint density at radius 3 is 2.81 bits per heavy atom. The molecule has 0 aromatic heterocycles. The standard InChI is InChI=1S/C20H30ClN3OS/c1-2-22-19(23-14-16-6-5-13-26-16)24-15-20(9-11-25-12-10-20)17-7-3-4-8-18(17)21/h3-4,7-8,16H,2,5-6,9-15H2,1H3,(H2,22,23,24). The first-order chi connectivity index (χ1) is 12.7. The van der Waals surface area contributed by atoms with Crippen LogP contribution in [0.25, 0.3) is 0 Å². The summed E-state index contributed by atoms with van der Waals surface area (Å²) in [6.07, 6.45) is 4.55. The van der Waals surface area contributed by atoms with Gasteiger partial charge in [0.2, 0.25) is 0 Å². The van der Waals surface area contributed by atoms with Gasteiger partial charge in [-0.1, -0.05) is 29.8 Å². The van der Waals surface area contributed by atoms with Crippen LogP contribution in [0, 0.1) is 0 Å². The second-order valence-corrected chi connectivity index (χ2v) is 8.90. The van der Waals surface area contributed by atoms with Crippen LogP contribution in [0.15, 0.2) is 29.3 Å². The number of thioether (sulfide) groups is 1. The molecule has 6 heteroatoms. The first kappa shape index (κ1) is 19.8. The first-order valence-electron chi connectivity index (χ1n) is 9.70. The summed E-state index contributed by atoms with van der Waals surface area (Å²) >= 11 is 8.61. The Balaban J connectivity index is 1.73. The van der Waals surface area contributed by atoms with E-state index >= 15 is 0 Å². The molecule has 1 unspecified atom stereocenters. The van der Waals surface area contributed by atoms with E-state index in [1.54, 1.807) is 0 Å². The van der Waals surface area contributed by atoms with Gasteiger partial charge in [-0.15, -0.1) is 0 Å². The number of guanidine groups is 1. The van der Waals surface area contributed by atoms with Gasteiger partial charge in [0.25, 0.3) is 0 Å². The van der Waals surface area contributed by atoms with Crippen LogP contribution < -0.4 is 10.6 Å². The lowest BCUT2D eigenvalue weighted by atomic mass is 9.74. The van der Waals surface area contributed by atoms with Crippen molar-refractivity contribution in [2.45, 2.75) is 43.3 Å². The first-order valence-corrected chi connectivity index (χ1v) is 11.1. The van der Waals surface area contributed by atoms with Gasteiger partial charge < -0.3 is 15.4 Å². The fraction of sp³-hybridized carbons (Fsp3) is 0.650. The number of rotatable bonds is 6. The maximum Gasteiger partial charge on any atom is 0.191 e. The molecule has 0 radical (unpaired) electrons. The second kappa shape index (κ2) is 9.86. The van der Waals surface area contributed by atoms with E-state index in [1.165, 1.54) is 24.2 Å². The highest BCUT2D eigenvalue weighted by Gasteiger charge is 2.36. The summed E-state index contributed by atoms with van der Waals surface area (Å²) in [5.74, 6) is 2.20. The Bertz CT molecular complexity index is 598.